The van der Waals surface area contributed by atoms with E-state index in [1.54, 1.807) is 24.3 Å². The maximum atomic E-state index is 12.4. The lowest BCUT2D eigenvalue weighted by atomic mass is 10.1. The first-order valence-corrected chi connectivity index (χ1v) is 9.79. The highest BCUT2D eigenvalue weighted by atomic mass is 35.5. The van der Waals surface area contributed by atoms with Crippen molar-refractivity contribution in [2.24, 2.45) is 4.99 Å². The predicted octanol–water partition coefficient (Wildman–Crippen LogP) is 3.86. The highest BCUT2D eigenvalue weighted by molar-refractivity contribution is 7.22. The Morgan fingerprint density at radius 1 is 1.21 bits per heavy atom. The zero-order chi connectivity index (χ0) is 20.7. The maximum Gasteiger partial charge on any atom is 0.335 e. The van der Waals surface area contributed by atoms with Crippen LogP contribution >= 0.6 is 22.9 Å². The number of fused-ring (bicyclic) bond motifs is 1. The number of aromatic hydroxyl groups is 1. The number of hydrogen-bond acceptors (Lipinski definition) is 6. The number of nitrogens with one attached hydrogen (secondary N) is 1. The van der Waals surface area contributed by atoms with E-state index in [1.165, 1.54) is 17.6 Å². The second kappa shape index (κ2) is 7.31. The van der Waals surface area contributed by atoms with Gasteiger partial charge in [0.25, 0.3) is 5.56 Å². The molecule has 0 amide bonds. The normalized spacial score (nSPS) is 11.6. The Bertz CT molecular complexity index is 1400. The minimum Gasteiger partial charge on any atom is -0.493 e. The molecule has 0 saturated heterocycles. The summed E-state index contributed by atoms with van der Waals surface area (Å²) in [5.41, 5.74) is 1.39. The Morgan fingerprint density at radius 2 is 2.00 bits per heavy atom. The molecule has 2 aromatic carbocycles. The van der Waals surface area contributed by atoms with E-state index in [9.17, 15) is 14.7 Å². The number of thiazole rings is 1. The van der Waals surface area contributed by atoms with Crippen LogP contribution in [0.4, 0.5) is 5.13 Å². The van der Waals surface area contributed by atoms with E-state index in [1.807, 2.05) is 26.0 Å². The summed E-state index contributed by atoms with van der Waals surface area (Å²) < 4.78 is 1.90. The molecule has 4 aromatic rings. The quantitative estimate of drug-likeness (QED) is 0.486. The highest BCUT2D eigenvalue weighted by Crippen LogP contribution is 2.30. The lowest BCUT2D eigenvalue weighted by Gasteiger charge is -2.12. The third-order valence-corrected chi connectivity index (χ3v) is 5.52. The van der Waals surface area contributed by atoms with Crippen molar-refractivity contribution >= 4 is 44.5 Å². The molecule has 0 aliphatic rings. The number of rotatable bonds is 3. The van der Waals surface area contributed by atoms with Crippen molar-refractivity contribution < 1.29 is 5.11 Å². The molecule has 0 saturated carbocycles. The standard InChI is InChI=1S/C20H15ClN4O3S/c1-10-3-6-15(11(2)7-10)25-18(27)13(17(26)24-20(25)28)9-22-19-23-14-5-4-12(21)8-16(14)29-19/h3-9,27H,1-2H3,(H,24,26,28). The van der Waals surface area contributed by atoms with Gasteiger partial charge in [-0.05, 0) is 43.7 Å². The van der Waals surface area contributed by atoms with Gasteiger partial charge in [0.2, 0.25) is 11.0 Å². The molecular weight excluding hydrogens is 412 g/mol. The van der Waals surface area contributed by atoms with Gasteiger partial charge in [0.1, 0.15) is 5.56 Å². The Kier molecular flexibility index (Phi) is 4.81. The monoisotopic (exact) mass is 426 g/mol. The van der Waals surface area contributed by atoms with Gasteiger partial charge < -0.3 is 5.11 Å². The van der Waals surface area contributed by atoms with Crippen molar-refractivity contribution in [2.75, 3.05) is 0 Å². The molecule has 2 heterocycles. The van der Waals surface area contributed by atoms with Gasteiger partial charge in [-0.15, -0.1) is 0 Å². The van der Waals surface area contributed by atoms with Crippen molar-refractivity contribution in [1.82, 2.24) is 14.5 Å². The van der Waals surface area contributed by atoms with Gasteiger partial charge in [-0.25, -0.2) is 19.3 Å². The first-order chi connectivity index (χ1) is 13.8. The SMILES string of the molecule is Cc1ccc(-n2c(O)c(C=Nc3nc4ccc(Cl)cc4s3)c(=O)[nH]c2=O)c(C)c1. The second-order valence-electron chi connectivity index (χ2n) is 6.49. The summed E-state index contributed by atoms with van der Waals surface area (Å²) in [6.07, 6.45) is 1.20. The third-order valence-electron chi connectivity index (χ3n) is 4.36. The van der Waals surface area contributed by atoms with Crippen molar-refractivity contribution in [3.63, 3.8) is 0 Å². The average Bonchev–Trinajstić information content (AvgIpc) is 3.04. The van der Waals surface area contributed by atoms with Crippen LogP contribution in [-0.4, -0.2) is 25.9 Å². The number of H-pyrrole nitrogens is 1. The number of nitrogens with zero attached hydrogens (tertiary/aromatic N) is 3. The van der Waals surface area contributed by atoms with Crippen molar-refractivity contribution in [3.8, 4) is 11.6 Å². The summed E-state index contributed by atoms with van der Waals surface area (Å²) in [7, 11) is 0. The number of halogens is 1. The van der Waals surface area contributed by atoms with Crippen LogP contribution in [0, 0.1) is 13.8 Å². The molecule has 9 heteroatoms. The van der Waals surface area contributed by atoms with Gasteiger partial charge in [0.15, 0.2) is 0 Å². The second-order valence-corrected chi connectivity index (χ2v) is 7.93. The van der Waals surface area contributed by atoms with Crippen molar-refractivity contribution in [1.29, 1.82) is 0 Å². The van der Waals surface area contributed by atoms with Gasteiger partial charge in [0, 0.05) is 11.2 Å². The summed E-state index contributed by atoms with van der Waals surface area (Å²) >= 11 is 7.28. The number of aromatic nitrogens is 3. The largest absolute Gasteiger partial charge is 0.493 e. The molecular formula is C20H15ClN4O3S. The molecule has 0 bridgehead atoms. The van der Waals surface area contributed by atoms with E-state index < -0.39 is 17.1 Å². The number of aryl methyl sites for hydroxylation is 2. The number of aliphatic imine (C=N–C) groups is 1. The Morgan fingerprint density at radius 3 is 2.76 bits per heavy atom. The van der Waals surface area contributed by atoms with E-state index in [0.717, 1.165) is 25.9 Å². The molecule has 0 unspecified atom stereocenters. The van der Waals surface area contributed by atoms with Crippen molar-refractivity contribution in [2.45, 2.75) is 13.8 Å². The lowest BCUT2D eigenvalue weighted by molar-refractivity contribution is 0.430. The molecule has 7 nitrogen and oxygen atoms in total. The summed E-state index contributed by atoms with van der Waals surface area (Å²) in [4.78, 5) is 35.4. The minimum atomic E-state index is -0.735. The Hall–Kier alpha value is -3.23. The molecule has 0 spiro atoms. The molecule has 0 fully saturated rings. The maximum absolute atomic E-state index is 12.4. The van der Waals surface area contributed by atoms with Gasteiger partial charge in [0.05, 0.1) is 15.9 Å². The zero-order valence-electron chi connectivity index (χ0n) is 15.4. The van der Waals surface area contributed by atoms with Crippen LogP contribution in [0.25, 0.3) is 15.9 Å². The van der Waals surface area contributed by atoms with Crippen LogP contribution in [0.2, 0.25) is 5.02 Å². The molecule has 0 atom stereocenters. The smallest absolute Gasteiger partial charge is 0.335 e. The topological polar surface area (TPSA) is 100 Å². The van der Waals surface area contributed by atoms with Crippen LogP contribution < -0.4 is 11.2 Å². The predicted molar refractivity (Wildman–Crippen MR) is 116 cm³/mol. The van der Waals surface area contributed by atoms with Crippen molar-refractivity contribution in [3.05, 3.63) is 78.9 Å². The van der Waals surface area contributed by atoms with E-state index in [4.69, 9.17) is 11.6 Å². The molecule has 0 aliphatic heterocycles. The Balaban J connectivity index is 1.82. The van der Waals surface area contributed by atoms with E-state index >= 15 is 0 Å². The number of aromatic amines is 1. The minimum absolute atomic E-state index is 0.137. The molecule has 29 heavy (non-hydrogen) atoms. The molecule has 2 N–H and O–H groups in total. The number of hydrogen-bond donors (Lipinski definition) is 2. The van der Waals surface area contributed by atoms with Crippen LogP contribution in [0.1, 0.15) is 16.7 Å². The molecule has 4 rings (SSSR count). The third kappa shape index (κ3) is 3.59. The lowest BCUT2D eigenvalue weighted by Crippen LogP contribution is -2.31. The summed E-state index contributed by atoms with van der Waals surface area (Å²) in [5.74, 6) is -0.487. The van der Waals surface area contributed by atoms with E-state index in [2.05, 4.69) is 15.0 Å². The molecule has 146 valence electrons. The fourth-order valence-corrected chi connectivity index (χ4v) is 4.08. The first-order valence-electron chi connectivity index (χ1n) is 8.59. The average molecular weight is 427 g/mol. The fourth-order valence-electron chi connectivity index (χ4n) is 3.00. The van der Waals surface area contributed by atoms with E-state index in [-0.39, 0.29) is 5.56 Å². The number of benzene rings is 2. The van der Waals surface area contributed by atoms with Gasteiger partial charge >= 0.3 is 5.69 Å². The van der Waals surface area contributed by atoms with Crippen LogP contribution in [0.15, 0.2) is 51.0 Å². The molecule has 2 aromatic heterocycles. The summed E-state index contributed by atoms with van der Waals surface area (Å²) in [5, 5.41) is 11.7. The van der Waals surface area contributed by atoms with E-state index in [0.29, 0.717) is 15.8 Å². The first kappa shape index (κ1) is 19.1. The Labute approximate surface area is 173 Å². The van der Waals surface area contributed by atoms with Crippen LogP contribution in [0.5, 0.6) is 5.88 Å². The fraction of sp³-hybridized carbons (Fsp3) is 0.100. The summed E-state index contributed by atoms with van der Waals surface area (Å²) in [6.45, 7) is 3.74. The van der Waals surface area contributed by atoms with Gasteiger partial charge in [-0.3, -0.25) is 9.78 Å². The van der Waals surface area contributed by atoms with Crippen LogP contribution in [0.3, 0.4) is 0 Å². The zero-order valence-corrected chi connectivity index (χ0v) is 17.0. The molecule has 0 aliphatic carbocycles. The van der Waals surface area contributed by atoms with Gasteiger partial charge in [-0.2, -0.15) is 0 Å². The highest BCUT2D eigenvalue weighted by Gasteiger charge is 2.16. The summed E-state index contributed by atoms with van der Waals surface area (Å²) in [6, 6.07) is 10.7. The van der Waals surface area contributed by atoms with Gasteiger partial charge in [-0.1, -0.05) is 40.6 Å². The molecule has 0 radical (unpaired) electrons. The van der Waals surface area contributed by atoms with Crippen LogP contribution in [-0.2, 0) is 0 Å².